The van der Waals surface area contributed by atoms with Gasteiger partial charge >= 0.3 is 0 Å². The van der Waals surface area contributed by atoms with E-state index in [4.69, 9.17) is 5.26 Å². The Hall–Kier alpha value is -2.92. The molecule has 100 valence electrons. The molecule has 0 radical (unpaired) electrons. The molecule has 0 amide bonds. The highest BCUT2D eigenvalue weighted by atomic mass is 14.7. The quantitative estimate of drug-likeness (QED) is 0.662. The standard InChI is InChI=1S/C19H14N2/c20-13-12-17(15-6-2-1-3-7-15)14-18-11-10-16-8-4-5-9-19(16)21-18/h1-12H,14H2/b17-12+. The number of hydrogen-bond acceptors (Lipinski definition) is 2. The van der Waals surface area contributed by atoms with Gasteiger partial charge in [0.15, 0.2) is 0 Å². The van der Waals surface area contributed by atoms with Gasteiger partial charge < -0.3 is 0 Å². The van der Waals surface area contributed by atoms with Gasteiger partial charge in [0.25, 0.3) is 0 Å². The van der Waals surface area contributed by atoms with Crippen LogP contribution in [0.25, 0.3) is 16.5 Å². The van der Waals surface area contributed by atoms with Crippen molar-refractivity contribution in [3.05, 3.63) is 84.1 Å². The number of pyridine rings is 1. The van der Waals surface area contributed by atoms with Crippen LogP contribution in [0.1, 0.15) is 11.3 Å². The minimum Gasteiger partial charge on any atom is -0.252 e. The van der Waals surface area contributed by atoms with Gasteiger partial charge in [-0.3, -0.25) is 4.98 Å². The largest absolute Gasteiger partial charge is 0.252 e. The molecule has 2 aromatic carbocycles. The van der Waals surface area contributed by atoms with Gasteiger partial charge in [-0.15, -0.1) is 0 Å². The molecule has 0 N–H and O–H groups in total. The summed E-state index contributed by atoms with van der Waals surface area (Å²) in [6.45, 7) is 0. The number of para-hydroxylation sites is 1. The summed E-state index contributed by atoms with van der Waals surface area (Å²) >= 11 is 0. The maximum atomic E-state index is 9.00. The highest BCUT2D eigenvalue weighted by Gasteiger charge is 2.05. The van der Waals surface area contributed by atoms with Crippen LogP contribution in [-0.2, 0) is 6.42 Å². The van der Waals surface area contributed by atoms with E-state index < -0.39 is 0 Å². The normalized spacial score (nSPS) is 11.3. The fourth-order valence-corrected chi connectivity index (χ4v) is 2.37. The average molecular weight is 270 g/mol. The lowest BCUT2D eigenvalue weighted by atomic mass is 10.0. The zero-order valence-corrected chi connectivity index (χ0v) is 11.5. The minimum atomic E-state index is 0.655. The van der Waals surface area contributed by atoms with Crippen LogP contribution < -0.4 is 0 Å². The maximum absolute atomic E-state index is 9.00. The van der Waals surface area contributed by atoms with Crippen molar-refractivity contribution in [3.8, 4) is 6.07 Å². The van der Waals surface area contributed by atoms with Crippen LogP contribution in [0.2, 0.25) is 0 Å². The number of fused-ring (bicyclic) bond motifs is 1. The molecule has 0 aliphatic heterocycles. The highest BCUT2D eigenvalue weighted by Crippen LogP contribution is 2.20. The summed E-state index contributed by atoms with van der Waals surface area (Å²) in [6.07, 6.45) is 2.26. The molecule has 0 fully saturated rings. The van der Waals surface area contributed by atoms with Crippen LogP contribution in [0, 0.1) is 11.3 Å². The average Bonchev–Trinajstić information content (AvgIpc) is 2.55. The van der Waals surface area contributed by atoms with E-state index in [1.165, 1.54) is 0 Å². The molecule has 0 bridgehead atoms. The summed E-state index contributed by atoms with van der Waals surface area (Å²) in [5, 5.41) is 10.1. The van der Waals surface area contributed by atoms with Gasteiger partial charge in [-0.2, -0.15) is 5.26 Å². The van der Waals surface area contributed by atoms with Crippen LogP contribution in [0.3, 0.4) is 0 Å². The van der Waals surface area contributed by atoms with Crippen LogP contribution in [-0.4, -0.2) is 4.98 Å². The van der Waals surface area contributed by atoms with E-state index in [0.29, 0.717) is 6.42 Å². The molecular formula is C19H14N2. The van der Waals surface area contributed by atoms with Crippen molar-refractivity contribution >= 4 is 16.5 Å². The van der Waals surface area contributed by atoms with E-state index in [1.807, 2.05) is 54.6 Å². The van der Waals surface area contributed by atoms with Crippen molar-refractivity contribution in [2.75, 3.05) is 0 Å². The first-order valence-corrected chi connectivity index (χ1v) is 6.85. The molecule has 0 saturated carbocycles. The molecular weight excluding hydrogens is 256 g/mol. The number of nitrogens with zero attached hydrogens (tertiary/aromatic N) is 2. The number of rotatable bonds is 3. The SMILES string of the molecule is N#C/C=C(\Cc1ccc2ccccc2n1)c1ccccc1. The number of hydrogen-bond donors (Lipinski definition) is 0. The van der Waals surface area contributed by atoms with Crippen LogP contribution >= 0.6 is 0 Å². The lowest BCUT2D eigenvalue weighted by molar-refractivity contribution is 1.15. The zero-order valence-electron chi connectivity index (χ0n) is 11.5. The molecule has 0 aliphatic carbocycles. The molecule has 0 aliphatic rings. The van der Waals surface area contributed by atoms with E-state index >= 15 is 0 Å². The summed E-state index contributed by atoms with van der Waals surface area (Å²) in [5.41, 5.74) is 4.01. The lowest BCUT2D eigenvalue weighted by Gasteiger charge is -2.07. The van der Waals surface area contributed by atoms with E-state index in [2.05, 4.69) is 23.2 Å². The second-order valence-electron chi connectivity index (χ2n) is 4.84. The Morgan fingerprint density at radius 3 is 2.52 bits per heavy atom. The molecule has 0 spiro atoms. The molecule has 1 heterocycles. The highest BCUT2D eigenvalue weighted by molar-refractivity contribution is 5.79. The summed E-state index contributed by atoms with van der Waals surface area (Å²) in [4.78, 5) is 4.67. The number of benzene rings is 2. The van der Waals surface area contributed by atoms with Crippen molar-refractivity contribution in [1.82, 2.24) is 4.98 Å². The zero-order chi connectivity index (χ0) is 14.5. The monoisotopic (exact) mass is 270 g/mol. The molecule has 2 heteroatoms. The maximum Gasteiger partial charge on any atom is 0.0915 e. The molecule has 3 aromatic rings. The van der Waals surface area contributed by atoms with Crippen molar-refractivity contribution in [3.63, 3.8) is 0 Å². The van der Waals surface area contributed by atoms with Gasteiger partial charge in [0, 0.05) is 23.6 Å². The van der Waals surface area contributed by atoms with Gasteiger partial charge in [-0.05, 0) is 23.3 Å². The third-order valence-electron chi connectivity index (χ3n) is 3.41. The molecule has 0 atom stereocenters. The summed E-state index contributed by atoms with van der Waals surface area (Å²) in [6, 6.07) is 24.3. The van der Waals surface area contributed by atoms with Gasteiger partial charge in [0.2, 0.25) is 0 Å². The molecule has 1 aromatic heterocycles. The second kappa shape index (κ2) is 6.02. The predicted octanol–water partition coefficient (Wildman–Crippen LogP) is 4.38. The molecule has 0 unspecified atom stereocenters. The lowest BCUT2D eigenvalue weighted by Crippen LogP contribution is -1.94. The van der Waals surface area contributed by atoms with Crippen molar-refractivity contribution in [2.24, 2.45) is 0 Å². The summed E-state index contributed by atoms with van der Waals surface area (Å²) in [7, 11) is 0. The topological polar surface area (TPSA) is 36.7 Å². The Kier molecular flexibility index (Phi) is 3.75. The Labute approximate surface area is 124 Å². The Bertz CT molecular complexity index is 827. The van der Waals surface area contributed by atoms with E-state index in [0.717, 1.165) is 27.7 Å². The Morgan fingerprint density at radius 2 is 1.71 bits per heavy atom. The molecule has 2 nitrogen and oxygen atoms in total. The summed E-state index contributed by atoms with van der Waals surface area (Å²) in [5.74, 6) is 0. The van der Waals surface area contributed by atoms with Crippen LogP contribution in [0.4, 0.5) is 0 Å². The third-order valence-corrected chi connectivity index (χ3v) is 3.41. The Morgan fingerprint density at radius 1 is 0.952 bits per heavy atom. The predicted molar refractivity (Wildman–Crippen MR) is 85.5 cm³/mol. The van der Waals surface area contributed by atoms with Crippen molar-refractivity contribution in [1.29, 1.82) is 5.26 Å². The minimum absolute atomic E-state index is 0.655. The third kappa shape index (κ3) is 2.98. The fraction of sp³-hybridized carbons (Fsp3) is 0.0526. The van der Waals surface area contributed by atoms with E-state index in [-0.39, 0.29) is 0 Å². The van der Waals surface area contributed by atoms with E-state index in [1.54, 1.807) is 6.08 Å². The first-order chi connectivity index (χ1) is 10.4. The number of nitriles is 1. The first-order valence-electron chi connectivity index (χ1n) is 6.85. The first kappa shape index (κ1) is 13.1. The number of allylic oxidation sites excluding steroid dienone is 2. The smallest absolute Gasteiger partial charge is 0.0915 e. The Balaban J connectivity index is 1.95. The molecule has 3 rings (SSSR count). The fourth-order valence-electron chi connectivity index (χ4n) is 2.37. The molecule has 0 saturated heterocycles. The van der Waals surface area contributed by atoms with E-state index in [9.17, 15) is 0 Å². The van der Waals surface area contributed by atoms with Crippen LogP contribution in [0.5, 0.6) is 0 Å². The van der Waals surface area contributed by atoms with Crippen molar-refractivity contribution in [2.45, 2.75) is 6.42 Å². The van der Waals surface area contributed by atoms with Gasteiger partial charge in [-0.25, -0.2) is 0 Å². The van der Waals surface area contributed by atoms with Crippen LogP contribution in [0.15, 0.2) is 72.8 Å². The second-order valence-corrected chi connectivity index (χ2v) is 4.84. The van der Waals surface area contributed by atoms with Gasteiger partial charge in [0.1, 0.15) is 0 Å². The van der Waals surface area contributed by atoms with Gasteiger partial charge in [-0.1, -0.05) is 54.6 Å². The number of aromatic nitrogens is 1. The summed E-state index contributed by atoms with van der Waals surface area (Å²) < 4.78 is 0. The molecule has 21 heavy (non-hydrogen) atoms. The van der Waals surface area contributed by atoms with Gasteiger partial charge in [0.05, 0.1) is 11.6 Å². The van der Waals surface area contributed by atoms with Crippen molar-refractivity contribution < 1.29 is 0 Å².